The van der Waals surface area contributed by atoms with E-state index in [-0.39, 0.29) is 11.9 Å². The number of aromatic nitrogens is 3. The molecule has 5 nitrogen and oxygen atoms in total. The first-order valence-electron chi connectivity index (χ1n) is 9.69. The Bertz CT molecular complexity index is 940. The Hall–Kier alpha value is -2.66. The van der Waals surface area contributed by atoms with Crippen molar-refractivity contribution in [1.29, 1.82) is 0 Å². The van der Waals surface area contributed by atoms with E-state index in [1.807, 2.05) is 64.1 Å². The zero-order valence-electron chi connectivity index (χ0n) is 15.7. The van der Waals surface area contributed by atoms with Gasteiger partial charge in [-0.15, -0.1) is 10.2 Å². The molecule has 1 aromatic heterocycles. The van der Waals surface area contributed by atoms with Gasteiger partial charge < -0.3 is 4.90 Å². The van der Waals surface area contributed by atoms with Crippen LogP contribution < -0.4 is 0 Å². The molecule has 1 aliphatic rings. The lowest BCUT2D eigenvalue weighted by atomic mass is 10.1. The molecule has 0 radical (unpaired) electrons. The molecule has 1 amide bonds. The van der Waals surface area contributed by atoms with E-state index in [0.29, 0.717) is 11.4 Å². The lowest BCUT2D eigenvalue weighted by molar-refractivity contribution is -0.131. The number of carbonyl (C=O) groups excluding carboxylic acids is 1. The maximum absolute atomic E-state index is 12.9. The Kier molecular flexibility index (Phi) is 5.72. The van der Waals surface area contributed by atoms with Crippen LogP contribution in [0.1, 0.15) is 30.7 Å². The van der Waals surface area contributed by atoms with Crippen molar-refractivity contribution >= 4 is 17.5 Å². The molecule has 4 rings (SSSR count). The first-order valence-corrected chi connectivity index (χ1v) is 10.1. The molecular weight excluding hydrogens is 372 g/mol. The average molecular weight is 395 g/mol. The number of halogens is 1. The van der Waals surface area contributed by atoms with Crippen LogP contribution in [0.25, 0.3) is 5.69 Å². The van der Waals surface area contributed by atoms with Crippen molar-refractivity contribution < 1.29 is 4.79 Å². The highest BCUT2D eigenvalue weighted by Gasteiger charge is 2.29. The van der Waals surface area contributed by atoms with Crippen LogP contribution in [0.5, 0.6) is 0 Å². The molecule has 1 unspecified atom stereocenters. The molecule has 1 fully saturated rings. The summed E-state index contributed by atoms with van der Waals surface area (Å²) in [5, 5.41) is 9.03. The van der Waals surface area contributed by atoms with E-state index in [2.05, 4.69) is 10.2 Å². The van der Waals surface area contributed by atoms with E-state index in [4.69, 9.17) is 11.6 Å². The molecule has 3 aromatic rings. The second-order valence-electron chi connectivity index (χ2n) is 7.14. The summed E-state index contributed by atoms with van der Waals surface area (Å²) in [5.41, 5.74) is 1.95. The number of amides is 1. The van der Waals surface area contributed by atoms with Gasteiger partial charge >= 0.3 is 0 Å². The van der Waals surface area contributed by atoms with E-state index in [0.717, 1.165) is 49.3 Å². The molecule has 28 heavy (non-hydrogen) atoms. The highest BCUT2D eigenvalue weighted by molar-refractivity contribution is 6.31. The van der Waals surface area contributed by atoms with Gasteiger partial charge in [-0.05, 0) is 43.0 Å². The third-order valence-corrected chi connectivity index (χ3v) is 5.72. The Morgan fingerprint density at radius 2 is 1.89 bits per heavy atom. The number of para-hydroxylation sites is 1. The first kappa shape index (κ1) is 18.7. The molecular formula is C22H23ClN4O. The molecule has 1 aliphatic heterocycles. The van der Waals surface area contributed by atoms with E-state index >= 15 is 0 Å². The fraction of sp³-hybridized carbons (Fsp3) is 0.318. The number of likely N-dealkylation sites (tertiary alicyclic amines) is 1. The third-order valence-electron chi connectivity index (χ3n) is 5.35. The first-order chi connectivity index (χ1) is 13.7. The van der Waals surface area contributed by atoms with Crippen LogP contribution >= 0.6 is 11.6 Å². The molecule has 2 aromatic carbocycles. The quantitative estimate of drug-likeness (QED) is 0.632. The molecule has 0 spiro atoms. The van der Waals surface area contributed by atoms with Gasteiger partial charge in [-0.2, -0.15) is 0 Å². The summed E-state index contributed by atoms with van der Waals surface area (Å²) < 4.78 is 2.02. The second kappa shape index (κ2) is 8.57. The third kappa shape index (κ3) is 4.09. The Labute approximate surface area is 170 Å². The zero-order chi connectivity index (χ0) is 19.3. The van der Waals surface area contributed by atoms with Crippen molar-refractivity contribution in [3.63, 3.8) is 0 Å². The van der Waals surface area contributed by atoms with Crippen LogP contribution in [0, 0.1) is 0 Å². The summed E-state index contributed by atoms with van der Waals surface area (Å²) in [7, 11) is 0. The molecule has 1 saturated heterocycles. The molecule has 0 saturated carbocycles. The Balaban J connectivity index is 1.41. The molecule has 0 aliphatic carbocycles. The van der Waals surface area contributed by atoms with E-state index < -0.39 is 0 Å². The SMILES string of the molecule is O=C(Cc1ccccc1Cl)N1CCCC1CCc1nncn1-c1ccccc1. The largest absolute Gasteiger partial charge is 0.339 e. The molecule has 6 heteroatoms. The number of rotatable bonds is 6. The fourth-order valence-corrected chi connectivity index (χ4v) is 4.10. The summed E-state index contributed by atoms with van der Waals surface area (Å²) in [5.74, 6) is 1.08. The minimum atomic E-state index is 0.153. The minimum Gasteiger partial charge on any atom is -0.339 e. The Morgan fingerprint density at radius 1 is 1.11 bits per heavy atom. The number of aryl methyl sites for hydroxylation is 1. The molecule has 144 valence electrons. The standard InChI is InChI=1S/C22H23ClN4O/c23-20-11-5-4-7-17(20)15-22(28)26-14-6-10-19(26)12-13-21-25-24-16-27(21)18-8-2-1-3-9-18/h1-5,7-9,11,16,19H,6,10,12-15H2. The minimum absolute atomic E-state index is 0.153. The lowest BCUT2D eigenvalue weighted by Gasteiger charge is -2.25. The maximum Gasteiger partial charge on any atom is 0.227 e. The van der Waals surface area contributed by atoms with Gasteiger partial charge in [0, 0.05) is 29.7 Å². The molecule has 0 N–H and O–H groups in total. The fourth-order valence-electron chi connectivity index (χ4n) is 3.90. The summed E-state index contributed by atoms with van der Waals surface area (Å²) in [6.45, 7) is 0.819. The van der Waals surface area contributed by atoms with Crippen LogP contribution in [0.4, 0.5) is 0 Å². The number of hydrogen-bond donors (Lipinski definition) is 0. The predicted molar refractivity (Wildman–Crippen MR) is 110 cm³/mol. The topological polar surface area (TPSA) is 51.0 Å². The van der Waals surface area contributed by atoms with Crippen LogP contribution in [-0.4, -0.2) is 38.2 Å². The summed E-state index contributed by atoms with van der Waals surface area (Å²) >= 11 is 6.23. The molecule has 1 atom stereocenters. The van der Waals surface area contributed by atoms with Crippen molar-refractivity contribution in [2.45, 2.75) is 38.1 Å². The predicted octanol–water partition coefficient (Wildman–Crippen LogP) is 4.09. The normalized spacial score (nSPS) is 16.5. The van der Waals surface area contributed by atoms with Crippen molar-refractivity contribution in [3.05, 3.63) is 77.3 Å². The van der Waals surface area contributed by atoms with Gasteiger partial charge in [0.2, 0.25) is 5.91 Å². The van der Waals surface area contributed by atoms with Gasteiger partial charge in [-0.1, -0.05) is 48.0 Å². The van der Waals surface area contributed by atoms with Crippen LogP contribution in [0.3, 0.4) is 0 Å². The average Bonchev–Trinajstić information content (AvgIpc) is 3.38. The number of benzene rings is 2. The van der Waals surface area contributed by atoms with E-state index in [1.54, 1.807) is 6.33 Å². The molecule has 0 bridgehead atoms. The van der Waals surface area contributed by atoms with E-state index in [9.17, 15) is 4.79 Å². The second-order valence-corrected chi connectivity index (χ2v) is 7.55. The Morgan fingerprint density at radius 3 is 2.71 bits per heavy atom. The van der Waals surface area contributed by atoms with Crippen LogP contribution in [-0.2, 0) is 17.6 Å². The highest BCUT2D eigenvalue weighted by atomic mass is 35.5. The van der Waals surface area contributed by atoms with Crippen molar-refractivity contribution in [2.75, 3.05) is 6.54 Å². The lowest BCUT2D eigenvalue weighted by Crippen LogP contribution is -2.37. The smallest absolute Gasteiger partial charge is 0.227 e. The van der Waals surface area contributed by atoms with Gasteiger partial charge in [0.25, 0.3) is 0 Å². The van der Waals surface area contributed by atoms with Gasteiger partial charge in [-0.25, -0.2) is 0 Å². The summed E-state index contributed by atoms with van der Waals surface area (Å²) in [6, 6.07) is 17.9. The van der Waals surface area contributed by atoms with Gasteiger partial charge in [-0.3, -0.25) is 9.36 Å². The van der Waals surface area contributed by atoms with Crippen LogP contribution in [0.2, 0.25) is 5.02 Å². The van der Waals surface area contributed by atoms with Gasteiger partial charge in [0.1, 0.15) is 12.2 Å². The number of carbonyl (C=O) groups is 1. The van der Waals surface area contributed by atoms with Gasteiger partial charge in [0.15, 0.2) is 0 Å². The van der Waals surface area contributed by atoms with Crippen LogP contribution in [0.15, 0.2) is 60.9 Å². The highest BCUT2D eigenvalue weighted by Crippen LogP contribution is 2.24. The monoisotopic (exact) mass is 394 g/mol. The van der Waals surface area contributed by atoms with Gasteiger partial charge in [0.05, 0.1) is 6.42 Å². The summed E-state index contributed by atoms with van der Waals surface area (Å²) in [4.78, 5) is 14.9. The zero-order valence-corrected chi connectivity index (χ0v) is 16.4. The maximum atomic E-state index is 12.9. The summed E-state index contributed by atoms with van der Waals surface area (Å²) in [6.07, 6.45) is 5.86. The molecule has 2 heterocycles. The number of hydrogen-bond acceptors (Lipinski definition) is 3. The van der Waals surface area contributed by atoms with Crippen molar-refractivity contribution in [2.24, 2.45) is 0 Å². The van der Waals surface area contributed by atoms with Crippen molar-refractivity contribution in [3.8, 4) is 5.69 Å². The van der Waals surface area contributed by atoms with Crippen molar-refractivity contribution in [1.82, 2.24) is 19.7 Å². The number of nitrogens with zero attached hydrogens (tertiary/aromatic N) is 4. The van der Waals surface area contributed by atoms with E-state index in [1.165, 1.54) is 0 Å².